The van der Waals surface area contributed by atoms with Gasteiger partial charge in [0.05, 0.1) is 18.9 Å². The SMILES string of the molecule is C=CCOCCNc1ccccc1S(=O)(=O)NC. The molecule has 0 spiro atoms. The molecule has 0 aliphatic heterocycles. The lowest BCUT2D eigenvalue weighted by atomic mass is 10.3. The summed E-state index contributed by atoms with van der Waals surface area (Å²) in [6.07, 6.45) is 1.67. The van der Waals surface area contributed by atoms with Gasteiger partial charge in [0.15, 0.2) is 0 Å². The molecule has 0 atom stereocenters. The van der Waals surface area contributed by atoms with Gasteiger partial charge >= 0.3 is 0 Å². The van der Waals surface area contributed by atoms with Crippen LogP contribution in [0.2, 0.25) is 0 Å². The van der Waals surface area contributed by atoms with E-state index in [2.05, 4.69) is 16.6 Å². The third-order valence-electron chi connectivity index (χ3n) is 2.24. The van der Waals surface area contributed by atoms with Crippen LogP contribution in [0.1, 0.15) is 0 Å². The van der Waals surface area contributed by atoms with E-state index in [0.29, 0.717) is 25.4 Å². The Balaban J connectivity index is 2.69. The molecule has 1 rings (SSSR count). The van der Waals surface area contributed by atoms with E-state index >= 15 is 0 Å². The van der Waals surface area contributed by atoms with Crippen molar-refractivity contribution >= 4 is 15.7 Å². The highest BCUT2D eigenvalue weighted by molar-refractivity contribution is 7.89. The Kier molecular flexibility index (Phi) is 5.84. The number of hydrogen-bond donors (Lipinski definition) is 2. The molecule has 100 valence electrons. The van der Waals surface area contributed by atoms with Gasteiger partial charge in [-0.1, -0.05) is 18.2 Å². The summed E-state index contributed by atoms with van der Waals surface area (Å²) < 4.78 is 31.0. The van der Waals surface area contributed by atoms with Crippen LogP contribution in [-0.2, 0) is 14.8 Å². The molecular weight excluding hydrogens is 252 g/mol. The lowest BCUT2D eigenvalue weighted by molar-refractivity contribution is 0.173. The Morgan fingerprint density at radius 1 is 1.39 bits per heavy atom. The Morgan fingerprint density at radius 3 is 2.78 bits per heavy atom. The highest BCUT2D eigenvalue weighted by Crippen LogP contribution is 2.19. The summed E-state index contributed by atoms with van der Waals surface area (Å²) in [5.41, 5.74) is 0.564. The van der Waals surface area contributed by atoms with Crippen LogP contribution >= 0.6 is 0 Å². The van der Waals surface area contributed by atoms with E-state index in [4.69, 9.17) is 4.74 Å². The monoisotopic (exact) mass is 270 g/mol. The minimum Gasteiger partial charge on any atom is -0.382 e. The summed E-state index contributed by atoms with van der Waals surface area (Å²) in [5.74, 6) is 0. The van der Waals surface area contributed by atoms with Crippen molar-refractivity contribution in [2.75, 3.05) is 32.1 Å². The number of para-hydroxylation sites is 1. The van der Waals surface area contributed by atoms with Crippen molar-refractivity contribution in [2.24, 2.45) is 0 Å². The van der Waals surface area contributed by atoms with Crippen molar-refractivity contribution in [2.45, 2.75) is 4.90 Å². The van der Waals surface area contributed by atoms with Gasteiger partial charge in [0.25, 0.3) is 0 Å². The van der Waals surface area contributed by atoms with Gasteiger partial charge in [-0.05, 0) is 19.2 Å². The van der Waals surface area contributed by atoms with Crippen LogP contribution in [0.15, 0.2) is 41.8 Å². The number of ether oxygens (including phenoxy) is 1. The van der Waals surface area contributed by atoms with Gasteiger partial charge in [0.2, 0.25) is 10.0 Å². The fraction of sp³-hybridized carbons (Fsp3) is 0.333. The number of nitrogens with one attached hydrogen (secondary N) is 2. The fourth-order valence-electron chi connectivity index (χ4n) is 1.38. The van der Waals surface area contributed by atoms with Crippen LogP contribution < -0.4 is 10.0 Å². The van der Waals surface area contributed by atoms with E-state index in [1.165, 1.54) is 7.05 Å². The summed E-state index contributed by atoms with van der Waals surface area (Å²) in [7, 11) is -2.06. The standard InChI is InChI=1S/C12H18N2O3S/c1-3-9-17-10-8-14-11-6-4-5-7-12(11)18(15,16)13-2/h3-7,13-14H,1,8-10H2,2H3. The van der Waals surface area contributed by atoms with E-state index in [-0.39, 0.29) is 4.90 Å². The maximum atomic E-state index is 11.8. The Hall–Kier alpha value is -1.37. The molecule has 1 aromatic rings. The Bertz CT molecular complexity index is 486. The van der Waals surface area contributed by atoms with E-state index in [0.717, 1.165) is 0 Å². The summed E-state index contributed by atoms with van der Waals surface area (Å²) in [6.45, 7) is 5.04. The Labute approximate surface area is 108 Å². The van der Waals surface area contributed by atoms with Gasteiger partial charge in [0.1, 0.15) is 4.90 Å². The molecule has 2 N–H and O–H groups in total. The predicted octanol–water partition coefficient (Wildman–Crippen LogP) is 1.21. The molecule has 0 bridgehead atoms. The van der Waals surface area contributed by atoms with Gasteiger partial charge in [-0.25, -0.2) is 13.1 Å². The van der Waals surface area contributed by atoms with Crippen molar-refractivity contribution in [3.8, 4) is 0 Å². The van der Waals surface area contributed by atoms with Crippen molar-refractivity contribution < 1.29 is 13.2 Å². The molecule has 18 heavy (non-hydrogen) atoms. The molecule has 5 nitrogen and oxygen atoms in total. The number of sulfonamides is 1. The maximum Gasteiger partial charge on any atom is 0.242 e. The zero-order valence-corrected chi connectivity index (χ0v) is 11.2. The number of anilines is 1. The van der Waals surface area contributed by atoms with Crippen LogP contribution in [-0.4, -0.2) is 35.2 Å². The molecule has 0 radical (unpaired) electrons. The third kappa shape index (κ3) is 4.14. The van der Waals surface area contributed by atoms with Gasteiger partial charge in [-0.15, -0.1) is 6.58 Å². The second-order valence-corrected chi connectivity index (χ2v) is 5.35. The second kappa shape index (κ2) is 7.15. The van der Waals surface area contributed by atoms with E-state index in [9.17, 15) is 8.42 Å². The van der Waals surface area contributed by atoms with Crippen LogP contribution in [0.5, 0.6) is 0 Å². The topological polar surface area (TPSA) is 67.4 Å². The normalized spacial score (nSPS) is 11.2. The van der Waals surface area contributed by atoms with E-state index < -0.39 is 10.0 Å². The van der Waals surface area contributed by atoms with Gasteiger partial charge in [0, 0.05) is 6.54 Å². The lowest BCUT2D eigenvalue weighted by Crippen LogP contribution is -2.21. The largest absolute Gasteiger partial charge is 0.382 e. The summed E-state index contributed by atoms with van der Waals surface area (Å²) in [4.78, 5) is 0.233. The molecule has 0 aromatic heterocycles. The molecule has 0 aliphatic carbocycles. The molecule has 0 saturated heterocycles. The van der Waals surface area contributed by atoms with Crippen LogP contribution in [0, 0.1) is 0 Å². The molecule has 0 saturated carbocycles. The molecule has 0 amide bonds. The predicted molar refractivity (Wildman–Crippen MR) is 72.2 cm³/mol. The van der Waals surface area contributed by atoms with Gasteiger partial charge in [-0.3, -0.25) is 0 Å². The van der Waals surface area contributed by atoms with Crippen molar-refractivity contribution in [3.05, 3.63) is 36.9 Å². The first-order valence-corrected chi connectivity index (χ1v) is 7.05. The zero-order valence-electron chi connectivity index (χ0n) is 10.3. The van der Waals surface area contributed by atoms with Crippen LogP contribution in [0.3, 0.4) is 0 Å². The minimum absolute atomic E-state index is 0.233. The first kappa shape index (κ1) is 14.7. The lowest BCUT2D eigenvalue weighted by Gasteiger charge is -2.11. The third-order valence-corrected chi connectivity index (χ3v) is 3.72. The molecule has 6 heteroatoms. The van der Waals surface area contributed by atoms with Gasteiger partial charge in [-0.2, -0.15) is 0 Å². The number of rotatable bonds is 8. The van der Waals surface area contributed by atoms with Crippen molar-refractivity contribution in [1.29, 1.82) is 0 Å². The number of benzene rings is 1. The maximum absolute atomic E-state index is 11.8. The molecular formula is C12H18N2O3S. The fourth-order valence-corrected chi connectivity index (χ4v) is 2.29. The molecule has 0 unspecified atom stereocenters. The first-order chi connectivity index (χ1) is 8.61. The van der Waals surface area contributed by atoms with Crippen molar-refractivity contribution in [3.63, 3.8) is 0 Å². The molecule has 1 aromatic carbocycles. The average molecular weight is 270 g/mol. The average Bonchev–Trinajstić information content (AvgIpc) is 2.39. The van der Waals surface area contributed by atoms with E-state index in [1.807, 2.05) is 0 Å². The highest BCUT2D eigenvalue weighted by atomic mass is 32.2. The zero-order chi connectivity index (χ0) is 13.4. The molecule has 0 heterocycles. The highest BCUT2D eigenvalue weighted by Gasteiger charge is 2.15. The van der Waals surface area contributed by atoms with Crippen molar-refractivity contribution in [1.82, 2.24) is 4.72 Å². The summed E-state index contributed by atoms with van der Waals surface area (Å²) in [5, 5.41) is 3.03. The van der Waals surface area contributed by atoms with Crippen LogP contribution in [0.25, 0.3) is 0 Å². The smallest absolute Gasteiger partial charge is 0.242 e. The van der Waals surface area contributed by atoms with Crippen LogP contribution in [0.4, 0.5) is 5.69 Å². The molecule has 0 aliphatic rings. The quantitative estimate of drug-likeness (QED) is 0.550. The second-order valence-electron chi connectivity index (χ2n) is 3.49. The van der Waals surface area contributed by atoms with Gasteiger partial charge < -0.3 is 10.1 Å². The Morgan fingerprint density at radius 2 is 2.11 bits per heavy atom. The number of hydrogen-bond acceptors (Lipinski definition) is 4. The van der Waals surface area contributed by atoms with E-state index in [1.54, 1.807) is 30.3 Å². The summed E-state index contributed by atoms with van der Waals surface area (Å²) >= 11 is 0. The molecule has 0 fully saturated rings. The minimum atomic E-state index is -3.45. The first-order valence-electron chi connectivity index (χ1n) is 5.57. The summed E-state index contributed by atoms with van der Waals surface area (Å²) in [6, 6.07) is 6.74.